The number of aromatic nitrogens is 6. The highest BCUT2D eigenvalue weighted by Gasteiger charge is 2.20. The standard InChI is InChI=1S/C21H24N6O2/c1-5-7-18(28)17-12-15-8-6-9-22-21(15)27(17)29-19-13(2)10-16(11-14(19)3)20-23-25-26(4)24-20/h6,8-12,18,28H,5,7H2,1-4H3. The third kappa shape index (κ3) is 3.58. The van der Waals surface area contributed by atoms with Crippen molar-refractivity contribution in [3.05, 3.63) is 53.3 Å². The number of aliphatic hydroxyl groups is 1. The van der Waals surface area contributed by atoms with Crippen LogP contribution in [0, 0.1) is 13.8 Å². The van der Waals surface area contributed by atoms with Gasteiger partial charge in [0.05, 0.1) is 18.8 Å². The maximum absolute atomic E-state index is 10.7. The lowest BCUT2D eigenvalue weighted by Gasteiger charge is -2.18. The van der Waals surface area contributed by atoms with Crippen LogP contribution >= 0.6 is 0 Å². The summed E-state index contributed by atoms with van der Waals surface area (Å²) < 4.78 is 1.64. The largest absolute Gasteiger partial charge is 0.387 e. The average molecular weight is 392 g/mol. The van der Waals surface area contributed by atoms with E-state index < -0.39 is 6.10 Å². The molecule has 1 N–H and O–H groups in total. The molecule has 3 heterocycles. The highest BCUT2D eigenvalue weighted by molar-refractivity contribution is 5.77. The molecule has 1 atom stereocenters. The van der Waals surface area contributed by atoms with Crippen LogP contribution in [0.1, 0.15) is 42.7 Å². The van der Waals surface area contributed by atoms with Crippen molar-refractivity contribution in [3.8, 4) is 17.1 Å². The van der Waals surface area contributed by atoms with Crippen LogP contribution in [0.2, 0.25) is 0 Å². The van der Waals surface area contributed by atoms with Crippen molar-refractivity contribution in [2.45, 2.75) is 39.7 Å². The summed E-state index contributed by atoms with van der Waals surface area (Å²) in [7, 11) is 1.74. The van der Waals surface area contributed by atoms with E-state index in [0.29, 0.717) is 29.3 Å². The van der Waals surface area contributed by atoms with Crippen LogP contribution in [-0.4, -0.2) is 35.0 Å². The molecule has 3 aromatic heterocycles. The second kappa shape index (κ2) is 7.63. The van der Waals surface area contributed by atoms with Crippen molar-refractivity contribution >= 4 is 11.0 Å². The van der Waals surface area contributed by atoms with E-state index in [9.17, 15) is 5.11 Å². The van der Waals surface area contributed by atoms with Crippen molar-refractivity contribution in [1.82, 2.24) is 29.9 Å². The summed E-state index contributed by atoms with van der Waals surface area (Å²) in [6.07, 6.45) is 2.61. The molecule has 0 spiro atoms. The number of tetrazole rings is 1. The van der Waals surface area contributed by atoms with Gasteiger partial charge in [0.1, 0.15) is 0 Å². The molecule has 8 nitrogen and oxygen atoms in total. The molecule has 0 amide bonds. The average Bonchev–Trinajstić information content (AvgIpc) is 3.28. The van der Waals surface area contributed by atoms with E-state index in [0.717, 1.165) is 28.5 Å². The Balaban J connectivity index is 1.78. The Labute approximate surface area is 168 Å². The Morgan fingerprint density at radius 3 is 2.59 bits per heavy atom. The first-order chi connectivity index (χ1) is 14.0. The van der Waals surface area contributed by atoms with Gasteiger partial charge in [-0.05, 0) is 66.9 Å². The first kappa shape index (κ1) is 19.1. The Kier molecular flexibility index (Phi) is 5.02. The van der Waals surface area contributed by atoms with E-state index in [-0.39, 0.29) is 0 Å². The van der Waals surface area contributed by atoms with Gasteiger partial charge in [-0.3, -0.25) is 0 Å². The molecule has 4 rings (SSSR count). The van der Waals surface area contributed by atoms with Gasteiger partial charge in [-0.15, -0.1) is 10.2 Å². The van der Waals surface area contributed by atoms with Crippen LogP contribution in [0.15, 0.2) is 36.5 Å². The maximum atomic E-state index is 10.7. The lowest BCUT2D eigenvalue weighted by atomic mass is 10.1. The molecule has 29 heavy (non-hydrogen) atoms. The van der Waals surface area contributed by atoms with Gasteiger partial charge in [0, 0.05) is 17.1 Å². The van der Waals surface area contributed by atoms with Crippen LogP contribution in [0.25, 0.3) is 22.4 Å². The molecule has 0 saturated heterocycles. The molecule has 0 bridgehead atoms. The number of hydrogen-bond donors (Lipinski definition) is 1. The first-order valence-electron chi connectivity index (χ1n) is 9.66. The van der Waals surface area contributed by atoms with E-state index in [1.54, 1.807) is 18.0 Å². The normalized spacial score (nSPS) is 12.4. The number of benzene rings is 1. The monoisotopic (exact) mass is 392 g/mol. The minimum atomic E-state index is -0.627. The zero-order chi connectivity index (χ0) is 20.5. The first-order valence-corrected chi connectivity index (χ1v) is 9.66. The second-order valence-electron chi connectivity index (χ2n) is 7.22. The number of aryl methyl sites for hydroxylation is 3. The van der Waals surface area contributed by atoms with Gasteiger partial charge in [0.25, 0.3) is 0 Å². The summed E-state index contributed by atoms with van der Waals surface area (Å²) >= 11 is 0. The number of nitrogens with zero attached hydrogens (tertiary/aromatic N) is 6. The molecule has 150 valence electrons. The molecular weight excluding hydrogens is 368 g/mol. The van der Waals surface area contributed by atoms with Gasteiger partial charge in [0.15, 0.2) is 11.4 Å². The third-order valence-corrected chi connectivity index (χ3v) is 4.86. The molecule has 0 fully saturated rings. The maximum Gasteiger partial charge on any atom is 0.204 e. The van der Waals surface area contributed by atoms with Gasteiger partial charge in [-0.2, -0.15) is 9.53 Å². The molecule has 0 aliphatic carbocycles. The summed E-state index contributed by atoms with van der Waals surface area (Å²) in [5.74, 6) is 1.28. The summed E-state index contributed by atoms with van der Waals surface area (Å²) in [6.45, 7) is 6.00. The predicted octanol–water partition coefficient (Wildman–Crippen LogP) is 3.52. The minimum absolute atomic E-state index is 0.567. The fourth-order valence-electron chi connectivity index (χ4n) is 3.50. The summed E-state index contributed by atoms with van der Waals surface area (Å²) in [5, 5.41) is 23.8. The fraction of sp³-hybridized carbons (Fsp3) is 0.333. The van der Waals surface area contributed by atoms with Crippen LogP contribution in [0.4, 0.5) is 0 Å². The lowest BCUT2D eigenvalue weighted by molar-refractivity contribution is 0.124. The number of aliphatic hydroxyl groups excluding tert-OH is 1. The predicted molar refractivity (Wildman–Crippen MR) is 109 cm³/mol. The van der Waals surface area contributed by atoms with Crippen molar-refractivity contribution in [2.75, 3.05) is 0 Å². The molecular formula is C21H24N6O2. The SMILES string of the molecule is CCCC(O)c1cc2cccnc2n1Oc1c(C)cc(-c2nnn(C)n2)cc1C. The number of rotatable bonds is 6. The Hall–Kier alpha value is -3.26. The Bertz CT molecular complexity index is 1140. The van der Waals surface area contributed by atoms with E-state index in [1.807, 2.05) is 51.1 Å². The smallest absolute Gasteiger partial charge is 0.204 e. The number of hydrogen-bond acceptors (Lipinski definition) is 6. The van der Waals surface area contributed by atoms with Crippen molar-refractivity contribution < 1.29 is 9.94 Å². The molecule has 0 saturated carbocycles. The van der Waals surface area contributed by atoms with Gasteiger partial charge >= 0.3 is 0 Å². The van der Waals surface area contributed by atoms with Crippen molar-refractivity contribution in [3.63, 3.8) is 0 Å². The van der Waals surface area contributed by atoms with Crippen molar-refractivity contribution in [1.29, 1.82) is 0 Å². The Morgan fingerprint density at radius 2 is 1.93 bits per heavy atom. The molecule has 1 aromatic carbocycles. The third-order valence-electron chi connectivity index (χ3n) is 4.86. The van der Waals surface area contributed by atoms with Gasteiger partial charge < -0.3 is 9.94 Å². The summed E-state index contributed by atoms with van der Waals surface area (Å²) in [5.41, 5.74) is 4.11. The van der Waals surface area contributed by atoms with Crippen LogP contribution in [0.3, 0.4) is 0 Å². The fourth-order valence-corrected chi connectivity index (χ4v) is 3.50. The van der Waals surface area contributed by atoms with Gasteiger partial charge in [-0.25, -0.2) is 4.98 Å². The van der Waals surface area contributed by atoms with E-state index in [2.05, 4.69) is 20.4 Å². The quantitative estimate of drug-likeness (QED) is 0.540. The topological polar surface area (TPSA) is 90.9 Å². The van der Waals surface area contributed by atoms with Crippen LogP contribution < -0.4 is 4.84 Å². The number of pyridine rings is 1. The van der Waals surface area contributed by atoms with Crippen LogP contribution in [-0.2, 0) is 7.05 Å². The van der Waals surface area contributed by atoms with Crippen LogP contribution in [0.5, 0.6) is 5.75 Å². The molecule has 8 heteroatoms. The second-order valence-corrected chi connectivity index (χ2v) is 7.22. The molecule has 0 radical (unpaired) electrons. The Morgan fingerprint density at radius 1 is 1.17 bits per heavy atom. The molecule has 0 aliphatic heterocycles. The van der Waals surface area contributed by atoms with E-state index >= 15 is 0 Å². The highest BCUT2D eigenvalue weighted by Crippen LogP contribution is 2.32. The zero-order valence-corrected chi connectivity index (χ0v) is 17.0. The van der Waals surface area contributed by atoms with Gasteiger partial charge in [0.2, 0.25) is 5.82 Å². The summed E-state index contributed by atoms with van der Waals surface area (Å²) in [4.78, 5) is 12.2. The van der Waals surface area contributed by atoms with Gasteiger partial charge in [-0.1, -0.05) is 13.3 Å². The van der Waals surface area contributed by atoms with E-state index in [1.165, 1.54) is 4.80 Å². The minimum Gasteiger partial charge on any atom is -0.387 e. The molecule has 1 unspecified atom stereocenters. The molecule has 4 aromatic rings. The number of fused-ring (bicyclic) bond motifs is 1. The van der Waals surface area contributed by atoms with Crippen molar-refractivity contribution in [2.24, 2.45) is 7.05 Å². The summed E-state index contributed by atoms with van der Waals surface area (Å²) in [6, 6.07) is 9.72. The lowest BCUT2D eigenvalue weighted by Crippen LogP contribution is -2.14. The highest BCUT2D eigenvalue weighted by atomic mass is 16.7. The molecule has 0 aliphatic rings. The van der Waals surface area contributed by atoms with E-state index in [4.69, 9.17) is 4.84 Å². The zero-order valence-electron chi connectivity index (χ0n) is 17.0.